The summed E-state index contributed by atoms with van der Waals surface area (Å²) in [5.41, 5.74) is 5.43. The highest BCUT2D eigenvalue weighted by Gasteiger charge is 2.21. The van der Waals surface area contributed by atoms with Gasteiger partial charge in [0.1, 0.15) is 23.3 Å². The Morgan fingerprint density at radius 1 is 0.774 bits per heavy atom. The predicted molar refractivity (Wildman–Crippen MR) is 125 cm³/mol. The highest BCUT2D eigenvalue weighted by Crippen LogP contribution is 2.40. The Labute approximate surface area is 179 Å². The molecule has 0 amide bonds. The maximum absolute atomic E-state index is 6.11. The Morgan fingerprint density at radius 2 is 1.61 bits per heavy atom. The third-order valence-electron chi connectivity index (χ3n) is 5.97. The van der Waals surface area contributed by atoms with Gasteiger partial charge < -0.3 is 8.83 Å². The van der Waals surface area contributed by atoms with E-state index in [0.29, 0.717) is 5.71 Å². The van der Waals surface area contributed by atoms with Crippen molar-refractivity contribution in [2.75, 3.05) is 0 Å². The largest absolute Gasteiger partial charge is 0.461 e. The molecule has 4 heteroatoms. The normalized spacial score (nSPS) is 12.5. The molecular formula is C27H22N2O2. The maximum Gasteiger partial charge on any atom is 0.230 e. The quantitative estimate of drug-likeness (QED) is 0.283. The lowest BCUT2D eigenvalue weighted by molar-refractivity contribution is 0.577. The van der Waals surface area contributed by atoms with Crippen molar-refractivity contribution >= 4 is 43.8 Å². The molecule has 31 heavy (non-hydrogen) atoms. The minimum Gasteiger partial charge on any atom is -0.461 e. The molecule has 0 N–H and O–H groups in total. The van der Waals surface area contributed by atoms with Gasteiger partial charge in [0.2, 0.25) is 5.71 Å². The van der Waals surface area contributed by atoms with Crippen LogP contribution in [-0.4, -0.2) is 9.97 Å². The number of nitrogens with zero attached hydrogens (tertiary/aromatic N) is 2. The van der Waals surface area contributed by atoms with Crippen LogP contribution in [0, 0.1) is 6.92 Å². The standard InChI is InChI=1S/C27H22N2O2/c1-15-9-17-11-20-23(13-22(17)30-15)31-26-24(20)25(28-14-29-26)18-10-16-7-5-6-8-19(16)21(12-18)27(2,3)4/h5-14H,1-4H3. The Balaban J connectivity index is 1.71. The average molecular weight is 406 g/mol. The molecule has 0 spiro atoms. The van der Waals surface area contributed by atoms with Gasteiger partial charge >= 0.3 is 0 Å². The fraction of sp³-hybridized carbons (Fsp3) is 0.185. The summed E-state index contributed by atoms with van der Waals surface area (Å²) in [7, 11) is 0. The van der Waals surface area contributed by atoms with Crippen molar-refractivity contribution in [2.24, 2.45) is 0 Å². The van der Waals surface area contributed by atoms with E-state index >= 15 is 0 Å². The summed E-state index contributed by atoms with van der Waals surface area (Å²) in [4.78, 5) is 9.14. The molecular weight excluding hydrogens is 384 g/mol. The maximum atomic E-state index is 6.11. The first-order valence-electron chi connectivity index (χ1n) is 10.5. The van der Waals surface area contributed by atoms with Gasteiger partial charge in [-0.05, 0) is 52.9 Å². The second-order valence-corrected chi connectivity index (χ2v) is 9.24. The van der Waals surface area contributed by atoms with Gasteiger partial charge in [-0.2, -0.15) is 0 Å². The van der Waals surface area contributed by atoms with Crippen LogP contribution in [0.25, 0.3) is 55.1 Å². The Hall–Kier alpha value is -3.66. The fourth-order valence-corrected chi connectivity index (χ4v) is 4.56. The highest BCUT2D eigenvalue weighted by molar-refractivity contribution is 6.13. The van der Waals surface area contributed by atoms with Crippen LogP contribution in [0.5, 0.6) is 0 Å². The molecule has 0 aliphatic heterocycles. The molecule has 0 aliphatic rings. The van der Waals surface area contributed by atoms with Crippen LogP contribution >= 0.6 is 0 Å². The summed E-state index contributed by atoms with van der Waals surface area (Å²) in [5, 5.41) is 5.48. The van der Waals surface area contributed by atoms with E-state index in [1.54, 1.807) is 6.33 Å². The first-order valence-corrected chi connectivity index (χ1v) is 10.5. The molecule has 0 radical (unpaired) electrons. The number of furan rings is 2. The van der Waals surface area contributed by atoms with Crippen LogP contribution in [0.1, 0.15) is 32.1 Å². The van der Waals surface area contributed by atoms with Gasteiger partial charge in [0.15, 0.2) is 0 Å². The molecule has 0 unspecified atom stereocenters. The molecule has 4 nitrogen and oxygen atoms in total. The van der Waals surface area contributed by atoms with E-state index in [-0.39, 0.29) is 5.41 Å². The van der Waals surface area contributed by atoms with Gasteiger partial charge in [-0.25, -0.2) is 9.97 Å². The molecule has 0 saturated heterocycles. The molecule has 3 heterocycles. The van der Waals surface area contributed by atoms with E-state index in [1.165, 1.54) is 16.3 Å². The van der Waals surface area contributed by atoms with Crippen molar-refractivity contribution in [3.63, 3.8) is 0 Å². The molecule has 6 aromatic rings. The van der Waals surface area contributed by atoms with Gasteiger partial charge in [-0.3, -0.25) is 0 Å². The second kappa shape index (κ2) is 6.17. The predicted octanol–water partition coefficient (Wildman–Crippen LogP) is 7.55. The van der Waals surface area contributed by atoms with Crippen LogP contribution in [0.4, 0.5) is 0 Å². The van der Waals surface area contributed by atoms with E-state index in [4.69, 9.17) is 13.8 Å². The highest BCUT2D eigenvalue weighted by atomic mass is 16.3. The van der Waals surface area contributed by atoms with E-state index in [1.807, 2.05) is 19.1 Å². The monoisotopic (exact) mass is 406 g/mol. The van der Waals surface area contributed by atoms with Crippen LogP contribution in [0.3, 0.4) is 0 Å². The molecule has 0 fully saturated rings. The average Bonchev–Trinajstić information content (AvgIpc) is 3.28. The van der Waals surface area contributed by atoms with Crippen LogP contribution in [0.15, 0.2) is 69.8 Å². The van der Waals surface area contributed by atoms with E-state index in [2.05, 4.69) is 68.2 Å². The number of hydrogen-bond donors (Lipinski definition) is 0. The zero-order valence-electron chi connectivity index (χ0n) is 18.0. The summed E-state index contributed by atoms with van der Waals surface area (Å²) in [5.74, 6) is 0.882. The molecule has 3 aromatic heterocycles. The summed E-state index contributed by atoms with van der Waals surface area (Å²) in [6.45, 7) is 8.70. The van der Waals surface area contributed by atoms with Crippen molar-refractivity contribution in [2.45, 2.75) is 33.1 Å². The van der Waals surface area contributed by atoms with Crippen molar-refractivity contribution in [3.8, 4) is 11.3 Å². The lowest BCUT2D eigenvalue weighted by Gasteiger charge is -2.22. The molecule has 3 aromatic carbocycles. The minimum absolute atomic E-state index is 0.000701. The van der Waals surface area contributed by atoms with Crippen molar-refractivity contribution in [1.29, 1.82) is 0 Å². The third-order valence-corrected chi connectivity index (χ3v) is 5.97. The zero-order chi connectivity index (χ0) is 21.3. The number of aromatic nitrogens is 2. The Morgan fingerprint density at radius 3 is 2.45 bits per heavy atom. The number of aryl methyl sites for hydroxylation is 1. The summed E-state index contributed by atoms with van der Waals surface area (Å²) in [6, 6.07) is 19.1. The zero-order valence-corrected chi connectivity index (χ0v) is 18.0. The van der Waals surface area contributed by atoms with E-state index in [0.717, 1.165) is 44.3 Å². The topological polar surface area (TPSA) is 52.1 Å². The van der Waals surface area contributed by atoms with Gasteiger partial charge in [-0.1, -0.05) is 45.0 Å². The second-order valence-electron chi connectivity index (χ2n) is 9.24. The number of hydrogen-bond acceptors (Lipinski definition) is 4. The van der Waals surface area contributed by atoms with Crippen molar-refractivity contribution in [3.05, 3.63) is 72.2 Å². The molecule has 0 bridgehead atoms. The lowest BCUT2D eigenvalue weighted by Crippen LogP contribution is -2.12. The fourth-order valence-electron chi connectivity index (χ4n) is 4.56. The SMILES string of the molecule is Cc1cc2cc3c(cc2o1)oc1ncnc(-c2cc(C(C)(C)C)c4ccccc4c2)c13. The molecule has 152 valence electrons. The van der Waals surface area contributed by atoms with Crippen LogP contribution in [0.2, 0.25) is 0 Å². The number of fused-ring (bicyclic) bond motifs is 5. The molecule has 0 aliphatic carbocycles. The lowest BCUT2D eigenvalue weighted by atomic mass is 9.82. The van der Waals surface area contributed by atoms with E-state index < -0.39 is 0 Å². The summed E-state index contributed by atoms with van der Waals surface area (Å²) < 4.78 is 11.9. The number of benzene rings is 3. The van der Waals surface area contributed by atoms with Crippen LogP contribution in [-0.2, 0) is 5.41 Å². The number of rotatable bonds is 1. The van der Waals surface area contributed by atoms with Gasteiger partial charge in [-0.15, -0.1) is 0 Å². The van der Waals surface area contributed by atoms with Gasteiger partial charge in [0, 0.05) is 22.4 Å². The molecule has 0 atom stereocenters. The van der Waals surface area contributed by atoms with E-state index in [9.17, 15) is 0 Å². The third kappa shape index (κ3) is 2.75. The van der Waals surface area contributed by atoms with Crippen LogP contribution < -0.4 is 0 Å². The smallest absolute Gasteiger partial charge is 0.230 e. The van der Waals surface area contributed by atoms with Gasteiger partial charge in [0.05, 0.1) is 11.1 Å². The minimum atomic E-state index is 0.000701. The van der Waals surface area contributed by atoms with Gasteiger partial charge in [0.25, 0.3) is 0 Å². The summed E-state index contributed by atoms with van der Waals surface area (Å²) in [6.07, 6.45) is 1.58. The Bertz CT molecular complexity index is 1630. The summed E-state index contributed by atoms with van der Waals surface area (Å²) >= 11 is 0. The molecule has 0 saturated carbocycles. The Kier molecular flexibility index (Phi) is 3.61. The van der Waals surface area contributed by atoms with Crippen molar-refractivity contribution < 1.29 is 8.83 Å². The molecule has 6 rings (SSSR count). The first kappa shape index (κ1) is 18.1. The first-order chi connectivity index (χ1) is 14.9. The van der Waals surface area contributed by atoms with Crippen molar-refractivity contribution in [1.82, 2.24) is 9.97 Å².